The molecule has 0 aliphatic heterocycles. The minimum atomic E-state index is -4.51. The summed E-state index contributed by atoms with van der Waals surface area (Å²) in [6.45, 7) is 1.79. The zero-order valence-corrected chi connectivity index (χ0v) is 19.2. The quantitative estimate of drug-likeness (QED) is 0.348. The molecule has 0 aliphatic carbocycles. The van der Waals surface area contributed by atoms with Gasteiger partial charge in [0.2, 0.25) is 0 Å². The molecular formula is C26H24O6S. The molecule has 0 aliphatic rings. The number of hydrogen-bond acceptors (Lipinski definition) is 6. The molecule has 0 saturated heterocycles. The van der Waals surface area contributed by atoms with Crippen molar-refractivity contribution in [2.75, 3.05) is 7.11 Å². The van der Waals surface area contributed by atoms with Crippen LogP contribution in [-0.4, -0.2) is 37.8 Å². The van der Waals surface area contributed by atoms with E-state index in [1.807, 2.05) is 0 Å². The third-order valence-electron chi connectivity index (χ3n) is 5.49. The smallest absolute Gasteiger partial charge is 0.328 e. The van der Waals surface area contributed by atoms with Crippen molar-refractivity contribution in [1.82, 2.24) is 0 Å². The average Bonchev–Trinajstić information content (AvgIpc) is 2.84. The molecule has 0 N–H and O–H groups in total. The van der Waals surface area contributed by atoms with Crippen LogP contribution in [0.25, 0.3) is 0 Å². The van der Waals surface area contributed by atoms with Crippen molar-refractivity contribution in [3.05, 3.63) is 102 Å². The summed E-state index contributed by atoms with van der Waals surface area (Å²) in [5.74, 6) is -2.33. The molecule has 33 heavy (non-hydrogen) atoms. The molecule has 3 rings (SSSR count). The predicted molar refractivity (Wildman–Crippen MR) is 124 cm³/mol. The first kappa shape index (κ1) is 24.1. The Kier molecular flexibility index (Phi) is 7.23. The molecule has 170 valence electrons. The Labute approximate surface area is 193 Å². The number of rotatable bonds is 9. The van der Waals surface area contributed by atoms with Crippen molar-refractivity contribution in [1.29, 1.82) is 0 Å². The van der Waals surface area contributed by atoms with Crippen molar-refractivity contribution < 1.29 is 27.5 Å². The second-order valence-corrected chi connectivity index (χ2v) is 9.99. The van der Waals surface area contributed by atoms with E-state index in [2.05, 4.69) is 0 Å². The predicted octanol–water partition coefficient (Wildman–Crippen LogP) is 4.23. The third kappa shape index (κ3) is 4.93. The van der Waals surface area contributed by atoms with Gasteiger partial charge in [-0.25, -0.2) is 8.42 Å². The summed E-state index contributed by atoms with van der Waals surface area (Å²) in [5.41, 5.74) is 1.28. The molecule has 0 fully saturated rings. The highest BCUT2D eigenvalue weighted by molar-refractivity contribution is 7.93. The van der Waals surface area contributed by atoms with E-state index in [0.717, 1.165) is 12.7 Å². The second-order valence-electron chi connectivity index (χ2n) is 7.73. The number of ketones is 2. The largest absolute Gasteiger partial charge is 0.468 e. The van der Waals surface area contributed by atoms with Gasteiger partial charge in [-0.1, -0.05) is 78.4 Å². The fourth-order valence-corrected chi connectivity index (χ4v) is 5.50. The summed E-state index contributed by atoms with van der Waals surface area (Å²) in [5, 5.41) is 0. The van der Waals surface area contributed by atoms with Gasteiger partial charge in [0.15, 0.2) is 26.2 Å². The SMILES string of the molecule is COC(=O)C(CC(=O)c1ccccc1)(CC(=O)c1ccccc1)S(=O)(=O)c1ccc(C)cc1. The Morgan fingerprint density at radius 3 is 1.55 bits per heavy atom. The zero-order chi connectivity index (χ0) is 24.1. The van der Waals surface area contributed by atoms with E-state index in [-0.39, 0.29) is 16.0 Å². The Morgan fingerprint density at radius 2 is 1.15 bits per heavy atom. The van der Waals surface area contributed by atoms with Gasteiger partial charge in [-0.15, -0.1) is 0 Å². The van der Waals surface area contributed by atoms with Crippen LogP contribution in [0.5, 0.6) is 0 Å². The van der Waals surface area contributed by atoms with Gasteiger partial charge in [0, 0.05) is 24.0 Å². The van der Waals surface area contributed by atoms with Crippen molar-refractivity contribution in [3.63, 3.8) is 0 Å². The number of esters is 1. The van der Waals surface area contributed by atoms with E-state index >= 15 is 0 Å². The van der Waals surface area contributed by atoms with Crippen LogP contribution in [0.15, 0.2) is 89.8 Å². The molecular weight excluding hydrogens is 440 g/mol. The van der Waals surface area contributed by atoms with E-state index in [4.69, 9.17) is 4.74 Å². The van der Waals surface area contributed by atoms with Crippen LogP contribution in [0.4, 0.5) is 0 Å². The first-order chi connectivity index (χ1) is 15.7. The fraction of sp³-hybridized carbons (Fsp3) is 0.192. The normalized spacial score (nSPS) is 11.6. The van der Waals surface area contributed by atoms with Gasteiger partial charge in [-0.3, -0.25) is 14.4 Å². The van der Waals surface area contributed by atoms with Crippen LogP contribution in [0.1, 0.15) is 39.1 Å². The molecule has 3 aromatic carbocycles. The first-order valence-electron chi connectivity index (χ1n) is 10.3. The van der Waals surface area contributed by atoms with Crippen molar-refractivity contribution >= 4 is 27.4 Å². The van der Waals surface area contributed by atoms with E-state index in [9.17, 15) is 22.8 Å². The number of methoxy groups -OCH3 is 1. The number of carbonyl (C=O) groups excluding carboxylic acids is 3. The van der Waals surface area contributed by atoms with Crippen LogP contribution >= 0.6 is 0 Å². The molecule has 0 spiro atoms. The molecule has 0 unspecified atom stereocenters. The number of ether oxygens (including phenoxy) is 1. The summed E-state index contributed by atoms with van der Waals surface area (Å²) in [7, 11) is -3.47. The Balaban J connectivity index is 2.18. The van der Waals surface area contributed by atoms with Gasteiger partial charge in [0.05, 0.1) is 12.0 Å². The molecule has 7 heteroatoms. The maximum Gasteiger partial charge on any atom is 0.328 e. The summed E-state index contributed by atoms with van der Waals surface area (Å²) in [4.78, 5) is 39.3. The minimum absolute atomic E-state index is 0.166. The number of sulfone groups is 1. The highest BCUT2D eigenvalue weighted by Gasteiger charge is 2.55. The number of Topliss-reactive ketones (excluding diaryl/α,β-unsaturated/α-hetero) is 2. The lowest BCUT2D eigenvalue weighted by Gasteiger charge is -2.30. The highest BCUT2D eigenvalue weighted by Crippen LogP contribution is 2.36. The molecule has 0 saturated carbocycles. The number of benzene rings is 3. The summed E-state index contributed by atoms with van der Waals surface area (Å²) in [6, 6.07) is 22.0. The summed E-state index contributed by atoms with van der Waals surface area (Å²) in [6.07, 6.45) is -1.48. The lowest BCUT2D eigenvalue weighted by molar-refractivity contribution is -0.143. The van der Waals surface area contributed by atoms with Crippen molar-refractivity contribution in [2.24, 2.45) is 0 Å². The van der Waals surface area contributed by atoms with Crippen LogP contribution in [-0.2, 0) is 19.4 Å². The van der Waals surface area contributed by atoms with Crippen LogP contribution < -0.4 is 0 Å². The van der Waals surface area contributed by atoms with Gasteiger partial charge < -0.3 is 4.74 Å². The maximum absolute atomic E-state index is 13.9. The molecule has 0 radical (unpaired) electrons. The van der Waals surface area contributed by atoms with Crippen molar-refractivity contribution in [2.45, 2.75) is 29.4 Å². The maximum atomic E-state index is 13.9. The van der Waals surface area contributed by atoms with Crippen molar-refractivity contribution in [3.8, 4) is 0 Å². The van der Waals surface area contributed by atoms with E-state index < -0.39 is 45.0 Å². The molecule has 0 aromatic heterocycles. The molecule has 6 nitrogen and oxygen atoms in total. The van der Waals surface area contributed by atoms with Gasteiger partial charge in [-0.05, 0) is 19.1 Å². The van der Waals surface area contributed by atoms with Crippen LogP contribution in [0.3, 0.4) is 0 Å². The highest BCUT2D eigenvalue weighted by atomic mass is 32.2. The summed E-state index contributed by atoms with van der Waals surface area (Å²) < 4.78 is 30.3. The molecule has 0 atom stereocenters. The van der Waals surface area contributed by atoms with E-state index in [1.54, 1.807) is 55.5 Å². The molecule has 3 aromatic rings. The number of aryl methyl sites for hydroxylation is 1. The topological polar surface area (TPSA) is 94.6 Å². The van der Waals surface area contributed by atoms with Gasteiger partial charge in [-0.2, -0.15) is 0 Å². The van der Waals surface area contributed by atoms with Gasteiger partial charge in [0.25, 0.3) is 0 Å². The lowest BCUT2D eigenvalue weighted by atomic mass is 9.90. The fourth-order valence-electron chi connectivity index (χ4n) is 3.61. The van der Waals surface area contributed by atoms with Crippen LogP contribution in [0, 0.1) is 6.92 Å². The standard InChI is InChI=1S/C26H24O6S/c1-19-13-15-22(16-14-19)33(30,31)26(25(29)32-2,17-23(27)20-9-5-3-6-10-20)18-24(28)21-11-7-4-8-12-21/h3-16H,17-18H2,1-2H3. The zero-order valence-electron chi connectivity index (χ0n) is 18.4. The molecule has 0 amide bonds. The number of hydrogen-bond donors (Lipinski definition) is 0. The van der Waals surface area contributed by atoms with Gasteiger partial charge in [0.1, 0.15) is 0 Å². The Morgan fingerprint density at radius 1 is 0.727 bits per heavy atom. The monoisotopic (exact) mass is 464 g/mol. The van der Waals surface area contributed by atoms with Crippen LogP contribution in [0.2, 0.25) is 0 Å². The summed E-state index contributed by atoms with van der Waals surface area (Å²) >= 11 is 0. The third-order valence-corrected chi connectivity index (χ3v) is 7.86. The molecule has 0 heterocycles. The minimum Gasteiger partial charge on any atom is -0.468 e. The van der Waals surface area contributed by atoms with E-state index in [0.29, 0.717) is 0 Å². The average molecular weight is 465 g/mol. The lowest BCUT2D eigenvalue weighted by Crippen LogP contribution is -2.50. The second kappa shape index (κ2) is 9.92. The Bertz CT molecular complexity index is 1190. The van der Waals surface area contributed by atoms with E-state index in [1.165, 1.54) is 36.4 Å². The number of carbonyl (C=O) groups is 3. The first-order valence-corrected chi connectivity index (χ1v) is 11.8. The Hall–Kier alpha value is -3.58. The van der Waals surface area contributed by atoms with Gasteiger partial charge >= 0.3 is 5.97 Å². The molecule has 0 bridgehead atoms.